The summed E-state index contributed by atoms with van der Waals surface area (Å²) in [6.07, 6.45) is 11.0. The second kappa shape index (κ2) is 8.76. The van der Waals surface area contributed by atoms with Crippen molar-refractivity contribution < 1.29 is 4.74 Å². The van der Waals surface area contributed by atoms with Gasteiger partial charge < -0.3 is 4.74 Å². The van der Waals surface area contributed by atoms with E-state index in [4.69, 9.17) is 16.3 Å². The number of rotatable bonds is 7. The van der Waals surface area contributed by atoms with Crippen LogP contribution in [0.3, 0.4) is 0 Å². The third kappa shape index (κ3) is 6.44. The number of pyridine rings is 1. The van der Waals surface area contributed by atoms with Crippen molar-refractivity contribution in [3.8, 4) is 5.88 Å². The van der Waals surface area contributed by atoms with Gasteiger partial charge in [-0.3, -0.25) is 0 Å². The Balaban J connectivity index is 2.60. The van der Waals surface area contributed by atoms with Gasteiger partial charge in [-0.2, -0.15) is 0 Å². The van der Waals surface area contributed by atoms with Crippen molar-refractivity contribution in [2.24, 2.45) is 0 Å². The molecular formula is C16H22ClNO. The Kier molecular flexibility index (Phi) is 7.27. The quantitative estimate of drug-likeness (QED) is 0.640. The molecule has 0 spiro atoms. The molecule has 19 heavy (non-hydrogen) atoms. The lowest BCUT2D eigenvalue weighted by atomic mass is 10.1. The number of allylic oxidation sites excluding steroid dienone is 3. The van der Waals surface area contributed by atoms with E-state index < -0.39 is 0 Å². The van der Waals surface area contributed by atoms with Crippen LogP contribution in [-0.4, -0.2) is 11.1 Å². The number of ether oxygens (including phenoxy) is 1. The Bertz CT molecular complexity index is 419. The van der Waals surface area contributed by atoms with Crippen molar-refractivity contribution in [1.82, 2.24) is 4.98 Å². The molecule has 1 heterocycles. The molecule has 0 N–H and O–H groups in total. The van der Waals surface area contributed by atoms with Crippen molar-refractivity contribution >= 4 is 17.7 Å². The molecular weight excluding hydrogens is 258 g/mol. The molecule has 3 heteroatoms. The zero-order valence-corrected chi connectivity index (χ0v) is 12.7. The van der Waals surface area contributed by atoms with Crippen molar-refractivity contribution in [3.05, 3.63) is 41.1 Å². The number of aromatic nitrogens is 1. The standard InChI is InChI=1S/C16H22ClNO/c1-4-7-15(5-2)19-16-11-10-14(12-18-16)9-6-8-13(3)17/h6,8-12,15H,4-5,7H2,1-3H3/b9-6+,13-8+. The molecule has 1 rings (SSSR count). The molecule has 1 unspecified atom stereocenters. The fraction of sp³-hybridized carbons (Fsp3) is 0.438. The van der Waals surface area contributed by atoms with Gasteiger partial charge in [0.1, 0.15) is 6.10 Å². The summed E-state index contributed by atoms with van der Waals surface area (Å²) in [6.45, 7) is 6.15. The van der Waals surface area contributed by atoms with E-state index in [-0.39, 0.29) is 6.10 Å². The predicted molar refractivity (Wildman–Crippen MR) is 82.5 cm³/mol. The maximum Gasteiger partial charge on any atom is 0.213 e. The summed E-state index contributed by atoms with van der Waals surface area (Å²) in [5.41, 5.74) is 1.03. The van der Waals surface area contributed by atoms with Crippen LogP contribution in [0.2, 0.25) is 0 Å². The van der Waals surface area contributed by atoms with Crippen LogP contribution >= 0.6 is 11.6 Å². The highest BCUT2D eigenvalue weighted by atomic mass is 35.5. The van der Waals surface area contributed by atoms with E-state index in [1.54, 1.807) is 0 Å². The number of halogens is 1. The van der Waals surface area contributed by atoms with Crippen LogP contribution in [0.4, 0.5) is 0 Å². The normalized spacial score (nSPS) is 13.8. The zero-order valence-electron chi connectivity index (χ0n) is 11.9. The van der Waals surface area contributed by atoms with Gasteiger partial charge in [0.05, 0.1) is 0 Å². The minimum atomic E-state index is 0.265. The monoisotopic (exact) mass is 279 g/mol. The van der Waals surface area contributed by atoms with E-state index in [1.165, 1.54) is 0 Å². The summed E-state index contributed by atoms with van der Waals surface area (Å²) >= 11 is 5.75. The molecule has 1 aromatic rings. The second-order valence-electron chi connectivity index (χ2n) is 4.48. The van der Waals surface area contributed by atoms with E-state index in [2.05, 4.69) is 18.8 Å². The van der Waals surface area contributed by atoms with Crippen LogP contribution in [0.5, 0.6) is 5.88 Å². The number of hydrogen-bond acceptors (Lipinski definition) is 2. The Morgan fingerprint density at radius 3 is 2.74 bits per heavy atom. The van der Waals surface area contributed by atoms with Gasteiger partial charge >= 0.3 is 0 Å². The summed E-state index contributed by atoms with van der Waals surface area (Å²) in [5.74, 6) is 0.696. The summed E-state index contributed by atoms with van der Waals surface area (Å²) in [4.78, 5) is 4.32. The molecule has 0 saturated heterocycles. The van der Waals surface area contributed by atoms with Gasteiger partial charge in [0.15, 0.2) is 0 Å². The molecule has 0 saturated carbocycles. The largest absolute Gasteiger partial charge is 0.474 e. The fourth-order valence-corrected chi connectivity index (χ4v) is 1.76. The Morgan fingerprint density at radius 1 is 1.42 bits per heavy atom. The summed E-state index contributed by atoms with van der Waals surface area (Å²) < 4.78 is 5.83. The average molecular weight is 280 g/mol. The van der Waals surface area contributed by atoms with E-state index in [1.807, 2.05) is 43.5 Å². The van der Waals surface area contributed by atoms with Crippen LogP contribution in [0.1, 0.15) is 45.6 Å². The van der Waals surface area contributed by atoms with Crippen molar-refractivity contribution in [1.29, 1.82) is 0 Å². The minimum absolute atomic E-state index is 0.265. The first-order valence-electron chi connectivity index (χ1n) is 6.78. The highest BCUT2D eigenvalue weighted by Gasteiger charge is 2.07. The minimum Gasteiger partial charge on any atom is -0.474 e. The smallest absolute Gasteiger partial charge is 0.213 e. The van der Waals surface area contributed by atoms with Gasteiger partial charge in [-0.25, -0.2) is 4.98 Å². The molecule has 0 radical (unpaired) electrons. The zero-order chi connectivity index (χ0) is 14.1. The van der Waals surface area contributed by atoms with Crippen LogP contribution in [0.25, 0.3) is 6.08 Å². The molecule has 0 aliphatic carbocycles. The highest BCUT2D eigenvalue weighted by molar-refractivity contribution is 6.29. The molecule has 0 aliphatic rings. The summed E-state index contributed by atoms with van der Waals surface area (Å²) in [7, 11) is 0. The highest BCUT2D eigenvalue weighted by Crippen LogP contribution is 2.14. The lowest BCUT2D eigenvalue weighted by molar-refractivity contribution is 0.178. The van der Waals surface area contributed by atoms with E-state index in [0.29, 0.717) is 5.88 Å². The van der Waals surface area contributed by atoms with Crippen LogP contribution < -0.4 is 4.74 Å². The maximum absolute atomic E-state index is 5.83. The average Bonchev–Trinajstić information content (AvgIpc) is 2.39. The predicted octanol–water partition coefficient (Wildman–Crippen LogP) is 5.19. The molecule has 2 nitrogen and oxygen atoms in total. The van der Waals surface area contributed by atoms with Crippen molar-refractivity contribution in [3.63, 3.8) is 0 Å². The molecule has 1 atom stereocenters. The van der Waals surface area contributed by atoms with Gasteiger partial charge in [-0.05, 0) is 37.5 Å². The third-order valence-electron chi connectivity index (χ3n) is 2.73. The topological polar surface area (TPSA) is 22.1 Å². The Hall–Kier alpha value is -1.28. The van der Waals surface area contributed by atoms with Crippen LogP contribution in [0, 0.1) is 0 Å². The van der Waals surface area contributed by atoms with Gasteiger partial charge in [0.25, 0.3) is 0 Å². The first-order valence-corrected chi connectivity index (χ1v) is 7.16. The van der Waals surface area contributed by atoms with Crippen molar-refractivity contribution in [2.75, 3.05) is 0 Å². The molecule has 0 aromatic carbocycles. The molecule has 0 amide bonds. The van der Waals surface area contributed by atoms with Gasteiger partial charge in [0, 0.05) is 17.3 Å². The first kappa shape index (κ1) is 15.8. The SMILES string of the molecule is CCCC(CC)Oc1ccc(/C=C/C=C(\C)Cl)cn1. The molecule has 0 aliphatic heterocycles. The third-order valence-corrected chi connectivity index (χ3v) is 2.85. The van der Waals surface area contributed by atoms with Crippen LogP contribution in [-0.2, 0) is 0 Å². The lowest BCUT2D eigenvalue weighted by Crippen LogP contribution is -2.15. The van der Waals surface area contributed by atoms with Gasteiger partial charge in [-0.15, -0.1) is 0 Å². The van der Waals surface area contributed by atoms with Crippen LogP contribution in [0.15, 0.2) is 35.5 Å². The molecule has 0 bridgehead atoms. The maximum atomic E-state index is 5.83. The second-order valence-corrected chi connectivity index (χ2v) is 5.08. The van der Waals surface area contributed by atoms with Gasteiger partial charge in [-0.1, -0.05) is 44.0 Å². The molecule has 104 valence electrons. The van der Waals surface area contributed by atoms with Gasteiger partial charge in [0.2, 0.25) is 5.88 Å². The lowest BCUT2D eigenvalue weighted by Gasteiger charge is -2.15. The molecule has 1 aromatic heterocycles. The summed E-state index contributed by atoms with van der Waals surface area (Å²) in [6, 6.07) is 3.91. The van der Waals surface area contributed by atoms with E-state index in [9.17, 15) is 0 Å². The van der Waals surface area contributed by atoms with E-state index >= 15 is 0 Å². The van der Waals surface area contributed by atoms with E-state index in [0.717, 1.165) is 29.9 Å². The first-order chi connectivity index (χ1) is 9.15. The summed E-state index contributed by atoms with van der Waals surface area (Å²) in [5, 5.41) is 0.759. The number of nitrogens with zero attached hydrogens (tertiary/aromatic N) is 1. The number of hydrogen-bond donors (Lipinski definition) is 0. The Morgan fingerprint density at radius 2 is 2.21 bits per heavy atom. The molecule has 0 fully saturated rings. The van der Waals surface area contributed by atoms with Crippen molar-refractivity contribution in [2.45, 2.75) is 46.1 Å². The Labute approximate surface area is 121 Å². The fourth-order valence-electron chi connectivity index (χ4n) is 1.69.